The van der Waals surface area contributed by atoms with Crippen molar-refractivity contribution in [1.29, 1.82) is 0 Å². The third-order valence-corrected chi connectivity index (χ3v) is 4.43. The van der Waals surface area contributed by atoms with E-state index in [0.29, 0.717) is 6.54 Å². The van der Waals surface area contributed by atoms with Gasteiger partial charge in [-0.1, -0.05) is 25.1 Å². The molecule has 0 radical (unpaired) electrons. The molecule has 25 heavy (non-hydrogen) atoms. The van der Waals surface area contributed by atoms with E-state index in [9.17, 15) is 5.11 Å². The van der Waals surface area contributed by atoms with Crippen molar-refractivity contribution in [3.8, 4) is 22.4 Å². The normalized spacial score (nSPS) is 12.3. The highest BCUT2D eigenvalue weighted by atomic mass is 16.3. The number of aliphatic hydroxyl groups excluding tert-OH is 1. The van der Waals surface area contributed by atoms with Crippen LogP contribution < -0.4 is 5.73 Å². The Morgan fingerprint density at radius 2 is 1.92 bits per heavy atom. The highest BCUT2D eigenvalue weighted by Crippen LogP contribution is 2.33. The molecule has 3 rings (SSSR count). The molecule has 5 heteroatoms. The highest BCUT2D eigenvalue weighted by Gasteiger charge is 2.16. The lowest BCUT2D eigenvalue weighted by atomic mass is 9.94. The van der Waals surface area contributed by atoms with Gasteiger partial charge in [-0.05, 0) is 42.2 Å². The van der Waals surface area contributed by atoms with Crippen LogP contribution in [0.15, 0.2) is 48.9 Å². The van der Waals surface area contributed by atoms with Crippen LogP contribution in [-0.4, -0.2) is 26.5 Å². The van der Waals surface area contributed by atoms with E-state index in [0.717, 1.165) is 28.8 Å². The molecule has 130 valence electrons. The molecule has 5 nitrogen and oxygen atoms in total. The fraction of sp³-hybridized carbons (Fsp3) is 0.300. The first-order valence-corrected chi connectivity index (χ1v) is 8.61. The van der Waals surface area contributed by atoms with E-state index in [2.05, 4.69) is 35.2 Å². The maximum absolute atomic E-state index is 9.36. The van der Waals surface area contributed by atoms with Gasteiger partial charge in [0, 0.05) is 29.6 Å². The third-order valence-electron chi connectivity index (χ3n) is 4.43. The van der Waals surface area contributed by atoms with Gasteiger partial charge in [-0.15, -0.1) is 0 Å². The van der Waals surface area contributed by atoms with Crippen LogP contribution in [0, 0.1) is 0 Å². The summed E-state index contributed by atoms with van der Waals surface area (Å²) in [5.41, 5.74) is 12.7. The van der Waals surface area contributed by atoms with E-state index in [4.69, 9.17) is 5.73 Å². The molecular formula is C20H24N4O. The van der Waals surface area contributed by atoms with E-state index in [1.165, 1.54) is 11.1 Å². The van der Waals surface area contributed by atoms with Gasteiger partial charge in [0.15, 0.2) is 0 Å². The zero-order valence-electron chi connectivity index (χ0n) is 14.7. The Kier molecular flexibility index (Phi) is 5.26. The number of aryl methyl sites for hydroxylation is 1. The first-order chi connectivity index (χ1) is 12.2. The quantitative estimate of drug-likeness (QED) is 0.725. The molecule has 1 unspecified atom stereocenters. The van der Waals surface area contributed by atoms with Gasteiger partial charge in [0.25, 0.3) is 0 Å². The van der Waals surface area contributed by atoms with E-state index in [-0.39, 0.29) is 12.6 Å². The van der Waals surface area contributed by atoms with Crippen LogP contribution in [0.5, 0.6) is 0 Å². The Balaban J connectivity index is 2.15. The molecular weight excluding hydrogens is 312 g/mol. The van der Waals surface area contributed by atoms with Crippen molar-refractivity contribution >= 4 is 0 Å². The standard InChI is InChI=1S/C20H24N4O/c1-3-15-12-17(4-5-18(15)14(2)21)19-13-23-24(10-11-25)20(19)16-6-8-22-9-7-16/h4-9,12-14,25H,3,10-11,21H2,1-2H3. The average Bonchev–Trinajstić information content (AvgIpc) is 3.05. The lowest BCUT2D eigenvalue weighted by molar-refractivity contribution is 0.270. The van der Waals surface area contributed by atoms with Crippen LogP contribution in [0.25, 0.3) is 22.4 Å². The summed E-state index contributed by atoms with van der Waals surface area (Å²) < 4.78 is 1.84. The molecule has 1 atom stereocenters. The monoisotopic (exact) mass is 336 g/mol. The maximum Gasteiger partial charge on any atom is 0.0762 e. The summed E-state index contributed by atoms with van der Waals surface area (Å²) in [5, 5.41) is 13.8. The lowest BCUT2D eigenvalue weighted by Gasteiger charge is -2.14. The Hall–Kier alpha value is -2.50. The molecule has 0 saturated heterocycles. The summed E-state index contributed by atoms with van der Waals surface area (Å²) in [6.45, 7) is 4.65. The minimum atomic E-state index is 0.0146. The molecule has 1 aromatic carbocycles. The molecule has 0 aliphatic heterocycles. The Morgan fingerprint density at radius 3 is 2.56 bits per heavy atom. The van der Waals surface area contributed by atoms with Gasteiger partial charge in [-0.25, -0.2) is 0 Å². The second-order valence-electron chi connectivity index (χ2n) is 6.15. The van der Waals surface area contributed by atoms with E-state index in [1.54, 1.807) is 12.4 Å². The van der Waals surface area contributed by atoms with Crippen LogP contribution in [-0.2, 0) is 13.0 Å². The van der Waals surface area contributed by atoms with Gasteiger partial charge in [0.05, 0.1) is 25.0 Å². The molecule has 3 N–H and O–H groups in total. The Bertz CT molecular complexity index is 840. The predicted molar refractivity (Wildman–Crippen MR) is 100.0 cm³/mol. The summed E-state index contributed by atoms with van der Waals surface area (Å²) in [6, 6.07) is 10.3. The van der Waals surface area contributed by atoms with Gasteiger partial charge in [0.2, 0.25) is 0 Å². The van der Waals surface area contributed by atoms with Crippen molar-refractivity contribution in [1.82, 2.24) is 14.8 Å². The minimum absolute atomic E-state index is 0.0146. The SMILES string of the molecule is CCc1cc(-c2cnn(CCO)c2-c2ccncc2)ccc1C(C)N. The van der Waals surface area contributed by atoms with Gasteiger partial charge in [-0.3, -0.25) is 9.67 Å². The molecule has 3 aromatic rings. The number of nitrogens with zero attached hydrogens (tertiary/aromatic N) is 3. The van der Waals surface area contributed by atoms with Crippen LogP contribution in [0.1, 0.15) is 31.0 Å². The van der Waals surface area contributed by atoms with Gasteiger partial charge >= 0.3 is 0 Å². The van der Waals surface area contributed by atoms with Crippen molar-refractivity contribution < 1.29 is 5.11 Å². The van der Waals surface area contributed by atoms with Crippen molar-refractivity contribution in [2.24, 2.45) is 5.73 Å². The summed E-state index contributed by atoms with van der Waals surface area (Å²) in [4.78, 5) is 4.10. The smallest absolute Gasteiger partial charge is 0.0762 e. The van der Waals surface area contributed by atoms with E-state index in [1.807, 2.05) is 29.9 Å². The number of pyridine rings is 1. The van der Waals surface area contributed by atoms with Crippen molar-refractivity contribution in [3.63, 3.8) is 0 Å². The summed E-state index contributed by atoms with van der Waals surface area (Å²) in [6.07, 6.45) is 6.34. The van der Waals surface area contributed by atoms with Gasteiger partial charge < -0.3 is 10.8 Å². The second-order valence-corrected chi connectivity index (χ2v) is 6.15. The third kappa shape index (κ3) is 3.48. The number of hydrogen-bond donors (Lipinski definition) is 2. The Labute approximate surface area is 148 Å². The number of hydrogen-bond acceptors (Lipinski definition) is 4. The van der Waals surface area contributed by atoms with Crippen molar-refractivity contribution in [2.75, 3.05) is 6.61 Å². The fourth-order valence-electron chi connectivity index (χ4n) is 3.20. The molecule has 0 aliphatic carbocycles. The fourth-order valence-corrected chi connectivity index (χ4v) is 3.20. The van der Waals surface area contributed by atoms with E-state index < -0.39 is 0 Å². The zero-order valence-corrected chi connectivity index (χ0v) is 14.7. The van der Waals surface area contributed by atoms with Crippen LogP contribution in [0.3, 0.4) is 0 Å². The van der Waals surface area contributed by atoms with Crippen molar-refractivity contribution in [3.05, 3.63) is 60.0 Å². The molecule has 0 saturated carbocycles. The minimum Gasteiger partial charge on any atom is -0.394 e. The number of nitrogens with two attached hydrogens (primary N) is 1. The highest BCUT2D eigenvalue weighted by molar-refractivity contribution is 5.81. The lowest BCUT2D eigenvalue weighted by Crippen LogP contribution is -2.08. The number of aliphatic hydroxyl groups is 1. The second kappa shape index (κ2) is 7.59. The molecule has 0 bridgehead atoms. The molecule has 2 heterocycles. The van der Waals surface area contributed by atoms with Crippen LogP contribution in [0.4, 0.5) is 0 Å². The molecule has 0 fully saturated rings. The molecule has 0 amide bonds. The maximum atomic E-state index is 9.36. The number of aromatic nitrogens is 3. The number of rotatable bonds is 6. The van der Waals surface area contributed by atoms with Crippen molar-refractivity contribution in [2.45, 2.75) is 32.9 Å². The molecule has 0 spiro atoms. The van der Waals surface area contributed by atoms with Gasteiger partial charge in [-0.2, -0.15) is 5.10 Å². The largest absolute Gasteiger partial charge is 0.394 e. The average molecular weight is 336 g/mol. The predicted octanol–water partition coefficient (Wildman–Crippen LogP) is 3.19. The summed E-state index contributed by atoms with van der Waals surface area (Å²) in [7, 11) is 0. The Morgan fingerprint density at radius 1 is 1.16 bits per heavy atom. The topological polar surface area (TPSA) is 77.0 Å². The first kappa shape index (κ1) is 17.3. The molecule has 2 aromatic heterocycles. The van der Waals surface area contributed by atoms with E-state index >= 15 is 0 Å². The number of benzene rings is 1. The first-order valence-electron chi connectivity index (χ1n) is 8.61. The van der Waals surface area contributed by atoms with Crippen LogP contribution >= 0.6 is 0 Å². The summed E-state index contributed by atoms with van der Waals surface area (Å²) in [5.74, 6) is 0. The van der Waals surface area contributed by atoms with Crippen LogP contribution in [0.2, 0.25) is 0 Å². The summed E-state index contributed by atoms with van der Waals surface area (Å²) >= 11 is 0. The van der Waals surface area contributed by atoms with Gasteiger partial charge in [0.1, 0.15) is 0 Å². The zero-order chi connectivity index (χ0) is 17.8. The molecule has 0 aliphatic rings.